The van der Waals surface area contributed by atoms with Crippen molar-refractivity contribution in [3.63, 3.8) is 0 Å². The predicted molar refractivity (Wildman–Crippen MR) is 77.6 cm³/mol. The Morgan fingerprint density at radius 3 is 2.81 bits per heavy atom. The molecule has 4 nitrogen and oxygen atoms in total. The van der Waals surface area contributed by atoms with Crippen molar-refractivity contribution in [2.75, 3.05) is 12.4 Å². The summed E-state index contributed by atoms with van der Waals surface area (Å²) in [4.78, 5) is 12.0. The van der Waals surface area contributed by atoms with Gasteiger partial charge in [0, 0.05) is 16.8 Å². The van der Waals surface area contributed by atoms with Gasteiger partial charge < -0.3 is 15.2 Å². The Morgan fingerprint density at radius 1 is 1.24 bits per heavy atom. The van der Waals surface area contributed by atoms with Gasteiger partial charge in [0.15, 0.2) is 11.5 Å². The van der Waals surface area contributed by atoms with Crippen LogP contribution < -0.4 is 10.1 Å². The highest BCUT2D eigenvalue weighted by molar-refractivity contribution is 6.34. The number of phenolic OH excluding ortho intramolecular Hbond substituents is 1. The number of amides is 1. The summed E-state index contributed by atoms with van der Waals surface area (Å²) >= 11 is 0. The fourth-order valence-corrected chi connectivity index (χ4v) is 2.25. The van der Waals surface area contributed by atoms with Gasteiger partial charge in [-0.2, -0.15) is 0 Å². The minimum absolute atomic E-state index is 0.0157. The summed E-state index contributed by atoms with van der Waals surface area (Å²) in [6.45, 7) is 0. The Morgan fingerprint density at radius 2 is 2.05 bits per heavy atom. The lowest BCUT2D eigenvalue weighted by molar-refractivity contribution is -0.110. The minimum Gasteiger partial charge on any atom is -0.504 e. The first-order chi connectivity index (χ1) is 10.1. The van der Waals surface area contributed by atoms with Gasteiger partial charge in [-0.15, -0.1) is 0 Å². The first kappa shape index (κ1) is 13.2. The molecule has 106 valence electrons. The molecular weight excluding hydrogens is 273 g/mol. The number of benzene rings is 2. The number of carbonyl (C=O) groups excluding carboxylic acids is 1. The summed E-state index contributed by atoms with van der Waals surface area (Å²) < 4.78 is 18.4. The van der Waals surface area contributed by atoms with E-state index in [1.807, 2.05) is 0 Å². The van der Waals surface area contributed by atoms with Crippen molar-refractivity contribution in [2.45, 2.75) is 0 Å². The number of nitrogens with one attached hydrogen (secondary N) is 1. The second-order valence-corrected chi connectivity index (χ2v) is 4.63. The van der Waals surface area contributed by atoms with Crippen molar-refractivity contribution < 1.29 is 19.0 Å². The lowest BCUT2D eigenvalue weighted by Crippen LogP contribution is -2.03. The van der Waals surface area contributed by atoms with Gasteiger partial charge in [0.05, 0.1) is 7.11 Å². The number of hydrogen-bond donors (Lipinski definition) is 2. The van der Waals surface area contributed by atoms with Crippen molar-refractivity contribution >= 4 is 23.2 Å². The maximum Gasteiger partial charge on any atom is 0.256 e. The molecule has 0 unspecified atom stereocenters. The molecule has 1 aliphatic rings. The van der Waals surface area contributed by atoms with E-state index in [-0.39, 0.29) is 11.7 Å². The fourth-order valence-electron chi connectivity index (χ4n) is 2.25. The molecule has 21 heavy (non-hydrogen) atoms. The topological polar surface area (TPSA) is 58.6 Å². The van der Waals surface area contributed by atoms with Crippen LogP contribution in [0.4, 0.5) is 10.1 Å². The van der Waals surface area contributed by atoms with Crippen LogP contribution in [0, 0.1) is 5.82 Å². The monoisotopic (exact) mass is 285 g/mol. The van der Waals surface area contributed by atoms with Gasteiger partial charge in [-0.25, -0.2) is 4.39 Å². The second kappa shape index (κ2) is 4.94. The van der Waals surface area contributed by atoms with Crippen LogP contribution in [0.2, 0.25) is 0 Å². The van der Waals surface area contributed by atoms with E-state index >= 15 is 0 Å². The molecule has 5 heteroatoms. The molecule has 3 rings (SSSR count). The van der Waals surface area contributed by atoms with Gasteiger partial charge in [-0.3, -0.25) is 4.79 Å². The molecule has 0 fully saturated rings. The molecule has 0 radical (unpaired) electrons. The van der Waals surface area contributed by atoms with E-state index in [0.717, 1.165) is 0 Å². The molecule has 0 aromatic heterocycles. The summed E-state index contributed by atoms with van der Waals surface area (Å²) in [6.07, 6.45) is 1.63. The highest BCUT2D eigenvalue weighted by Crippen LogP contribution is 2.34. The van der Waals surface area contributed by atoms with Crippen LogP contribution in [-0.4, -0.2) is 18.1 Å². The third-order valence-corrected chi connectivity index (χ3v) is 3.28. The molecule has 0 bridgehead atoms. The molecule has 2 N–H and O–H groups in total. The van der Waals surface area contributed by atoms with Crippen LogP contribution in [0.5, 0.6) is 11.5 Å². The first-order valence-corrected chi connectivity index (χ1v) is 6.28. The van der Waals surface area contributed by atoms with Crippen LogP contribution in [0.15, 0.2) is 36.4 Å². The van der Waals surface area contributed by atoms with Gasteiger partial charge in [0.1, 0.15) is 5.82 Å². The highest BCUT2D eigenvalue weighted by atomic mass is 19.1. The molecule has 0 aliphatic carbocycles. The van der Waals surface area contributed by atoms with Crippen LogP contribution in [0.25, 0.3) is 11.6 Å². The summed E-state index contributed by atoms with van der Waals surface area (Å²) in [7, 11) is 1.44. The van der Waals surface area contributed by atoms with Gasteiger partial charge in [-0.1, -0.05) is 6.07 Å². The Balaban J connectivity index is 2.08. The summed E-state index contributed by atoms with van der Waals surface area (Å²) in [5, 5.41) is 12.2. The van der Waals surface area contributed by atoms with E-state index in [1.54, 1.807) is 18.2 Å². The molecular formula is C16H12FNO3. The van der Waals surface area contributed by atoms with Gasteiger partial charge in [0.2, 0.25) is 0 Å². The Hall–Kier alpha value is -2.82. The molecule has 1 amide bonds. The number of carbonyl (C=O) groups is 1. The lowest BCUT2D eigenvalue weighted by atomic mass is 10.0. The molecule has 2 aromatic carbocycles. The fraction of sp³-hybridized carbons (Fsp3) is 0.0625. The largest absolute Gasteiger partial charge is 0.504 e. The Bertz CT molecular complexity index is 768. The van der Waals surface area contributed by atoms with Gasteiger partial charge in [-0.05, 0) is 42.0 Å². The van der Waals surface area contributed by atoms with E-state index in [2.05, 4.69) is 5.32 Å². The van der Waals surface area contributed by atoms with E-state index in [4.69, 9.17) is 4.74 Å². The average Bonchev–Trinajstić information content (AvgIpc) is 2.77. The Kier molecular flexibility index (Phi) is 3.10. The maximum absolute atomic E-state index is 13.4. The zero-order chi connectivity index (χ0) is 15.0. The van der Waals surface area contributed by atoms with Crippen molar-refractivity contribution in [1.29, 1.82) is 0 Å². The SMILES string of the molecule is COc1cc(C=C2C(=O)Nc3ccc(F)cc32)ccc1O. The number of anilines is 1. The number of rotatable bonds is 2. The van der Waals surface area contributed by atoms with Gasteiger partial charge in [0.25, 0.3) is 5.91 Å². The number of halogens is 1. The number of methoxy groups -OCH3 is 1. The maximum atomic E-state index is 13.4. The summed E-state index contributed by atoms with van der Waals surface area (Å²) in [5.41, 5.74) is 2.15. The zero-order valence-corrected chi connectivity index (χ0v) is 11.2. The van der Waals surface area contributed by atoms with Crippen molar-refractivity contribution in [1.82, 2.24) is 0 Å². The molecule has 0 saturated carbocycles. The minimum atomic E-state index is -0.403. The number of ether oxygens (including phenoxy) is 1. The third kappa shape index (κ3) is 2.33. The second-order valence-electron chi connectivity index (χ2n) is 4.63. The Labute approximate surface area is 120 Å². The standard InChI is InChI=1S/C16H12FNO3/c1-21-15-7-9(2-5-14(15)19)6-12-11-8-10(17)3-4-13(11)18-16(12)20/h2-8,19H,1H3,(H,18,20). The first-order valence-electron chi connectivity index (χ1n) is 6.28. The average molecular weight is 285 g/mol. The van der Waals surface area contributed by atoms with E-state index in [1.165, 1.54) is 31.4 Å². The van der Waals surface area contributed by atoms with E-state index < -0.39 is 5.82 Å². The van der Waals surface area contributed by atoms with E-state index in [0.29, 0.717) is 28.1 Å². The highest BCUT2D eigenvalue weighted by Gasteiger charge is 2.24. The zero-order valence-electron chi connectivity index (χ0n) is 11.2. The van der Waals surface area contributed by atoms with Crippen LogP contribution in [0.3, 0.4) is 0 Å². The quantitative estimate of drug-likeness (QED) is 0.834. The number of phenols is 1. The van der Waals surface area contributed by atoms with Crippen molar-refractivity contribution in [3.8, 4) is 11.5 Å². The van der Waals surface area contributed by atoms with Crippen molar-refractivity contribution in [3.05, 3.63) is 53.3 Å². The molecule has 1 heterocycles. The summed E-state index contributed by atoms with van der Waals surface area (Å²) in [5.74, 6) is -0.369. The molecule has 1 aliphatic heterocycles. The van der Waals surface area contributed by atoms with Gasteiger partial charge >= 0.3 is 0 Å². The van der Waals surface area contributed by atoms with Crippen LogP contribution in [0.1, 0.15) is 11.1 Å². The normalized spacial score (nSPS) is 15.0. The third-order valence-electron chi connectivity index (χ3n) is 3.28. The number of aromatic hydroxyl groups is 1. The number of fused-ring (bicyclic) bond motifs is 1. The molecule has 0 saturated heterocycles. The molecule has 2 aromatic rings. The van der Waals surface area contributed by atoms with Crippen LogP contribution >= 0.6 is 0 Å². The summed E-state index contributed by atoms with van der Waals surface area (Å²) in [6, 6.07) is 8.87. The van der Waals surface area contributed by atoms with Crippen LogP contribution in [-0.2, 0) is 4.79 Å². The molecule has 0 spiro atoms. The lowest BCUT2D eigenvalue weighted by Gasteiger charge is -2.04. The smallest absolute Gasteiger partial charge is 0.256 e. The van der Waals surface area contributed by atoms with E-state index in [9.17, 15) is 14.3 Å². The predicted octanol–water partition coefficient (Wildman–Crippen LogP) is 3.03. The van der Waals surface area contributed by atoms with Crippen molar-refractivity contribution in [2.24, 2.45) is 0 Å². The molecule has 0 atom stereocenters. The number of hydrogen-bond acceptors (Lipinski definition) is 3.